The molecule has 0 heterocycles. The van der Waals surface area contributed by atoms with Gasteiger partial charge in [0.25, 0.3) is 0 Å². The fraction of sp³-hybridized carbons (Fsp3) is 0.188. The van der Waals surface area contributed by atoms with E-state index in [1.807, 2.05) is 61.6 Å². The molecule has 0 aliphatic rings. The summed E-state index contributed by atoms with van der Waals surface area (Å²) in [7, 11) is 1.82. The molecule has 2 aromatic carbocycles. The Labute approximate surface area is 128 Å². The fourth-order valence-electron chi connectivity index (χ4n) is 1.76. The number of amides is 1. The lowest BCUT2D eigenvalue weighted by molar-refractivity contribution is -0.127. The zero-order valence-electron chi connectivity index (χ0n) is 11.3. The molecule has 0 aliphatic heterocycles. The molecule has 104 valence electrons. The van der Waals surface area contributed by atoms with Crippen molar-refractivity contribution in [3.05, 3.63) is 65.2 Å². The summed E-state index contributed by atoms with van der Waals surface area (Å²) in [5, 5.41) is 0.691. The van der Waals surface area contributed by atoms with Crippen molar-refractivity contribution in [2.75, 3.05) is 12.8 Å². The zero-order valence-corrected chi connectivity index (χ0v) is 12.8. The topological polar surface area (TPSA) is 20.3 Å². The van der Waals surface area contributed by atoms with Crippen LogP contribution in [-0.2, 0) is 11.3 Å². The first-order chi connectivity index (χ1) is 9.66. The highest BCUT2D eigenvalue weighted by Gasteiger charge is 2.10. The van der Waals surface area contributed by atoms with E-state index >= 15 is 0 Å². The number of halogens is 1. The van der Waals surface area contributed by atoms with Crippen LogP contribution < -0.4 is 0 Å². The van der Waals surface area contributed by atoms with Crippen molar-refractivity contribution in [2.24, 2.45) is 0 Å². The normalized spacial score (nSPS) is 10.3. The van der Waals surface area contributed by atoms with Crippen molar-refractivity contribution < 1.29 is 4.79 Å². The van der Waals surface area contributed by atoms with Gasteiger partial charge in [-0.15, -0.1) is 11.8 Å². The molecule has 0 bridgehead atoms. The van der Waals surface area contributed by atoms with E-state index in [2.05, 4.69) is 0 Å². The number of hydrogen-bond donors (Lipinski definition) is 0. The lowest BCUT2D eigenvalue weighted by Crippen LogP contribution is -2.27. The molecule has 2 rings (SSSR count). The largest absolute Gasteiger partial charge is 0.341 e. The smallest absolute Gasteiger partial charge is 0.232 e. The van der Waals surface area contributed by atoms with Crippen LogP contribution in [0.3, 0.4) is 0 Å². The van der Waals surface area contributed by atoms with Gasteiger partial charge in [0.1, 0.15) is 0 Å². The van der Waals surface area contributed by atoms with Gasteiger partial charge in [0, 0.05) is 18.5 Å². The van der Waals surface area contributed by atoms with E-state index < -0.39 is 0 Å². The summed E-state index contributed by atoms with van der Waals surface area (Å²) in [4.78, 5) is 14.8. The molecule has 20 heavy (non-hydrogen) atoms. The molecule has 1 amide bonds. The van der Waals surface area contributed by atoms with Crippen molar-refractivity contribution in [1.29, 1.82) is 0 Å². The molecule has 0 radical (unpaired) electrons. The maximum atomic E-state index is 12.1. The van der Waals surface area contributed by atoms with Crippen molar-refractivity contribution in [1.82, 2.24) is 4.90 Å². The predicted octanol–water partition coefficient (Wildman–Crippen LogP) is 4.09. The summed E-state index contributed by atoms with van der Waals surface area (Å²) >= 11 is 7.54. The molecule has 2 nitrogen and oxygen atoms in total. The maximum absolute atomic E-state index is 12.1. The van der Waals surface area contributed by atoms with Crippen LogP contribution in [-0.4, -0.2) is 23.6 Å². The summed E-state index contributed by atoms with van der Waals surface area (Å²) in [6.07, 6.45) is 0. The Morgan fingerprint density at radius 1 is 1.10 bits per heavy atom. The van der Waals surface area contributed by atoms with E-state index in [4.69, 9.17) is 11.6 Å². The van der Waals surface area contributed by atoms with Crippen LogP contribution in [0, 0.1) is 0 Å². The predicted molar refractivity (Wildman–Crippen MR) is 85.1 cm³/mol. The third-order valence-electron chi connectivity index (χ3n) is 2.88. The molecule has 0 fully saturated rings. The highest BCUT2D eigenvalue weighted by atomic mass is 35.5. The van der Waals surface area contributed by atoms with E-state index in [0.29, 0.717) is 17.3 Å². The van der Waals surface area contributed by atoms with Crippen LogP contribution in [0.25, 0.3) is 0 Å². The van der Waals surface area contributed by atoms with E-state index in [-0.39, 0.29) is 5.91 Å². The first kappa shape index (κ1) is 14.9. The van der Waals surface area contributed by atoms with Crippen molar-refractivity contribution in [2.45, 2.75) is 11.4 Å². The van der Waals surface area contributed by atoms with Crippen LogP contribution in [0.1, 0.15) is 5.56 Å². The lowest BCUT2D eigenvalue weighted by atomic mass is 10.2. The first-order valence-corrected chi connectivity index (χ1v) is 7.68. The summed E-state index contributed by atoms with van der Waals surface area (Å²) in [6, 6.07) is 17.5. The second-order valence-corrected chi connectivity index (χ2v) is 5.88. The standard InChI is InChI=1S/C16H16ClNOS/c1-18(11-13-7-3-2-4-8-13)16(19)12-20-15-10-6-5-9-14(15)17/h2-10H,11-12H2,1H3. The van der Waals surface area contributed by atoms with Gasteiger partial charge in [-0.05, 0) is 17.7 Å². The minimum atomic E-state index is 0.0961. The number of hydrogen-bond acceptors (Lipinski definition) is 2. The van der Waals surface area contributed by atoms with Crippen LogP contribution >= 0.6 is 23.4 Å². The SMILES string of the molecule is CN(Cc1ccccc1)C(=O)CSc1ccccc1Cl. The molecule has 2 aromatic rings. The summed E-state index contributed by atoms with van der Waals surface area (Å²) in [6.45, 7) is 0.628. The van der Waals surface area contributed by atoms with Crippen molar-refractivity contribution in [3.8, 4) is 0 Å². The molecule has 4 heteroatoms. The molecule has 0 N–H and O–H groups in total. The van der Waals surface area contributed by atoms with E-state index in [1.165, 1.54) is 11.8 Å². The minimum absolute atomic E-state index is 0.0961. The van der Waals surface area contributed by atoms with Gasteiger partial charge in [0.2, 0.25) is 5.91 Å². The molecule has 0 aromatic heterocycles. The van der Waals surface area contributed by atoms with Gasteiger partial charge in [-0.3, -0.25) is 4.79 Å². The van der Waals surface area contributed by atoms with Crippen LogP contribution in [0.5, 0.6) is 0 Å². The first-order valence-electron chi connectivity index (χ1n) is 6.32. The third-order valence-corrected chi connectivity index (χ3v) is 4.38. The monoisotopic (exact) mass is 305 g/mol. The number of carbonyl (C=O) groups is 1. The molecule has 0 saturated carbocycles. The van der Waals surface area contributed by atoms with Crippen LogP contribution in [0.2, 0.25) is 5.02 Å². The Bertz CT molecular complexity index is 574. The second-order valence-electron chi connectivity index (χ2n) is 4.45. The molecule has 0 spiro atoms. The highest BCUT2D eigenvalue weighted by Crippen LogP contribution is 2.26. The maximum Gasteiger partial charge on any atom is 0.232 e. The Hall–Kier alpha value is -1.45. The van der Waals surface area contributed by atoms with Gasteiger partial charge in [0.15, 0.2) is 0 Å². The van der Waals surface area contributed by atoms with Gasteiger partial charge in [-0.1, -0.05) is 54.1 Å². The molecule has 0 saturated heterocycles. The number of thioether (sulfide) groups is 1. The average Bonchev–Trinajstić information content (AvgIpc) is 2.47. The minimum Gasteiger partial charge on any atom is -0.341 e. The van der Waals surface area contributed by atoms with E-state index in [0.717, 1.165) is 10.5 Å². The zero-order chi connectivity index (χ0) is 14.4. The van der Waals surface area contributed by atoms with Gasteiger partial charge < -0.3 is 4.90 Å². The van der Waals surface area contributed by atoms with Gasteiger partial charge in [-0.2, -0.15) is 0 Å². The second kappa shape index (κ2) is 7.36. The van der Waals surface area contributed by atoms with Crippen molar-refractivity contribution >= 4 is 29.3 Å². The quantitative estimate of drug-likeness (QED) is 0.775. The van der Waals surface area contributed by atoms with E-state index in [9.17, 15) is 4.79 Å². The summed E-state index contributed by atoms with van der Waals surface area (Å²) in [5.41, 5.74) is 1.13. The van der Waals surface area contributed by atoms with Gasteiger partial charge in [0.05, 0.1) is 10.8 Å². The summed E-state index contributed by atoms with van der Waals surface area (Å²) < 4.78 is 0. The Morgan fingerprint density at radius 3 is 2.45 bits per heavy atom. The number of rotatable bonds is 5. The van der Waals surface area contributed by atoms with E-state index in [1.54, 1.807) is 4.90 Å². The van der Waals surface area contributed by atoms with Crippen LogP contribution in [0.4, 0.5) is 0 Å². The van der Waals surface area contributed by atoms with Crippen molar-refractivity contribution in [3.63, 3.8) is 0 Å². The Kier molecular flexibility index (Phi) is 5.50. The Balaban J connectivity index is 1.87. The number of benzene rings is 2. The van der Waals surface area contributed by atoms with Gasteiger partial charge >= 0.3 is 0 Å². The number of nitrogens with zero attached hydrogens (tertiary/aromatic N) is 1. The van der Waals surface area contributed by atoms with Gasteiger partial charge in [-0.25, -0.2) is 0 Å². The fourth-order valence-corrected chi connectivity index (χ4v) is 2.94. The third kappa shape index (κ3) is 4.29. The molecular weight excluding hydrogens is 290 g/mol. The summed E-state index contributed by atoms with van der Waals surface area (Å²) in [5.74, 6) is 0.492. The molecular formula is C16H16ClNOS. The highest BCUT2D eigenvalue weighted by molar-refractivity contribution is 8.00. The number of carbonyl (C=O) groups excluding carboxylic acids is 1. The Morgan fingerprint density at radius 2 is 1.75 bits per heavy atom. The molecule has 0 atom stereocenters. The molecule has 0 unspecified atom stereocenters. The lowest BCUT2D eigenvalue weighted by Gasteiger charge is -2.17. The average molecular weight is 306 g/mol. The van der Waals surface area contributed by atoms with Crippen LogP contribution in [0.15, 0.2) is 59.5 Å². The molecule has 0 aliphatic carbocycles.